The molecule has 70 heavy (non-hydrogen) atoms. The Bertz CT molecular complexity index is 4650. The number of hydrogen-bond donors (Lipinski definition) is 0. The molecule has 0 bridgehead atoms. The predicted molar refractivity (Wildman–Crippen MR) is 300 cm³/mol. The van der Waals surface area contributed by atoms with Gasteiger partial charge in [0.15, 0.2) is 0 Å². The summed E-state index contributed by atoms with van der Waals surface area (Å²) in [5.41, 5.74) is 10.9. The highest BCUT2D eigenvalue weighted by atomic mass is 32.1. The van der Waals surface area contributed by atoms with Crippen LogP contribution in [0.5, 0.6) is 0 Å². The van der Waals surface area contributed by atoms with E-state index >= 15 is 0 Å². The molecule has 0 aliphatic heterocycles. The zero-order valence-electron chi connectivity index (χ0n) is 37.4. The zero-order chi connectivity index (χ0) is 46.4. The topological polar surface area (TPSA) is 38.0 Å². The van der Waals surface area contributed by atoms with Gasteiger partial charge in [-0.05, 0) is 53.9 Å². The Kier molecular flexibility index (Phi) is 8.29. The van der Waals surface area contributed by atoms with E-state index in [0.717, 1.165) is 86.3 Å². The molecule has 0 unspecified atom stereocenters. The van der Waals surface area contributed by atoms with E-state index in [2.05, 4.69) is 198 Å². The van der Waals surface area contributed by atoms with Gasteiger partial charge in [-0.25, -0.2) is 4.85 Å². The van der Waals surface area contributed by atoms with Gasteiger partial charge in [-0.2, -0.15) is 5.26 Å². The van der Waals surface area contributed by atoms with Gasteiger partial charge in [0, 0.05) is 79.1 Å². The van der Waals surface area contributed by atoms with Gasteiger partial charge in [0.2, 0.25) is 5.69 Å². The first kappa shape index (κ1) is 39.4. The van der Waals surface area contributed by atoms with E-state index in [1.165, 1.54) is 51.3 Å². The highest BCUT2D eigenvalue weighted by molar-refractivity contribution is 7.27. The van der Waals surface area contributed by atoms with Gasteiger partial charge in [-0.1, -0.05) is 158 Å². The molecule has 0 N–H and O–H groups in total. The molecule has 15 rings (SSSR count). The summed E-state index contributed by atoms with van der Waals surface area (Å²) in [6.07, 6.45) is 0. The largest absolute Gasteiger partial charge is 0.315 e. The predicted octanol–water partition coefficient (Wildman–Crippen LogP) is 19.0. The summed E-state index contributed by atoms with van der Waals surface area (Å²) in [6.45, 7) is 11.9. The zero-order valence-corrected chi connectivity index (χ0v) is 39.9. The molecule has 0 saturated heterocycles. The van der Waals surface area contributed by atoms with Gasteiger partial charge in [-0.3, -0.25) is 0 Å². The van der Waals surface area contributed by atoms with E-state index in [1.807, 2.05) is 23.5 Å². The number of nitriles is 1. The van der Waals surface area contributed by atoms with E-state index < -0.39 is 0 Å². The number of para-hydroxylation sites is 1. The quantitative estimate of drug-likeness (QED) is 0.162. The van der Waals surface area contributed by atoms with Gasteiger partial charge < -0.3 is 9.13 Å². The third-order valence-corrected chi connectivity index (χ3v) is 18.1. The molecule has 10 aromatic carbocycles. The maximum Gasteiger partial charge on any atom is 0.221 e. The Morgan fingerprint density at radius 1 is 0.443 bits per heavy atom. The lowest BCUT2D eigenvalue weighted by molar-refractivity contribution is 1.15. The lowest BCUT2D eigenvalue weighted by atomic mass is 9.88. The molecule has 7 heteroatoms. The van der Waals surface area contributed by atoms with Crippen LogP contribution < -0.4 is 0 Å². The molecule has 5 heterocycles. The van der Waals surface area contributed by atoms with Crippen LogP contribution in [0.1, 0.15) is 11.1 Å². The van der Waals surface area contributed by atoms with E-state index in [1.54, 1.807) is 22.7 Å². The molecule has 324 valence electrons. The molecular formula is C63H34N4S3. The molecule has 5 aromatic heterocycles. The molecule has 0 spiro atoms. The standard InChI is InChI=1S/C63H34N4S3/c1-35-33-46-40-23-12-16-28-51(40)70-63(46)60-52(35)45-24-9-13-25-48(45)66(60)59-53(36-17-5-3-6-18-36)47(34-64)56(55(65-2)54(59)37-19-7-4-8-20-37)67-57-41(29-31-43-38-21-10-14-26-49(38)68-61(43)57)42-30-32-44-39-22-11-15-27-50(39)69-62(44)58(42)67/h3-33H,1H3. The van der Waals surface area contributed by atoms with Crippen molar-refractivity contribution >= 4 is 144 Å². The number of nitrogens with zero attached hydrogens (tertiary/aromatic N) is 4. The van der Waals surface area contributed by atoms with Gasteiger partial charge in [-0.15, -0.1) is 34.0 Å². The molecule has 0 fully saturated rings. The number of benzene rings is 10. The highest BCUT2D eigenvalue weighted by Gasteiger charge is 2.33. The maximum atomic E-state index is 12.3. The summed E-state index contributed by atoms with van der Waals surface area (Å²) in [4.78, 5) is 4.72. The van der Waals surface area contributed by atoms with Crippen molar-refractivity contribution in [2.24, 2.45) is 0 Å². The van der Waals surface area contributed by atoms with Crippen LogP contribution in [0, 0.1) is 24.8 Å². The van der Waals surface area contributed by atoms with Crippen LogP contribution in [0.15, 0.2) is 188 Å². The first-order valence-corrected chi connectivity index (χ1v) is 25.7. The first-order valence-electron chi connectivity index (χ1n) is 23.3. The van der Waals surface area contributed by atoms with Crippen molar-refractivity contribution in [3.63, 3.8) is 0 Å². The van der Waals surface area contributed by atoms with Gasteiger partial charge in [0.1, 0.15) is 6.07 Å². The second-order valence-corrected chi connectivity index (χ2v) is 21.2. The Morgan fingerprint density at radius 3 is 1.44 bits per heavy atom. The smallest absolute Gasteiger partial charge is 0.221 e. The van der Waals surface area contributed by atoms with Crippen molar-refractivity contribution < 1.29 is 0 Å². The molecular weight excluding hydrogens is 909 g/mol. The molecule has 0 saturated carbocycles. The average molecular weight is 943 g/mol. The van der Waals surface area contributed by atoms with E-state index in [9.17, 15) is 11.8 Å². The number of fused-ring (bicyclic) bond motifs is 18. The maximum absolute atomic E-state index is 12.3. The molecule has 4 nitrogen and oxygen atoms in total. The summed E-state index contributed by atoms with van der Waals surface area (Å²) in [5.74, 6) is 0. The lowest BCUT2D eigenvalue weighted by Crippen LogP contribution is -2.08. The normalized spacial score (nSPS) is 12.0. The first-order chi connectivity index (χ1) is 34.6. The summed E-state index contributed by atoms with van der Waals surface area (Å²) in [7, 11) is 0. The van der Waals surface area contributed by atoms with Crippen molar-refractivity contribution in [1.82, 2.24) is 9.13 Å². The Morgan fingerprint density at radius 2 is 0.900 bits per heavy atom. The van der Waals surface area contributed by atoms with E-state index in [4.69, 9.17) is 4.85 Å². The van der Waals surface area contributed by atoms with Crippen LogP contribution in [-0.2, 0) is 0 Å². The average Bonchev–Trinajstić information content (AvgIpc) is 4.23. The second kappa shape index (κ2) is 14.7. The molecule has 15 aromatic rings. The summed E-state index contributed by atoms with van der Waals surface area (Å²) in [5, 5.41) is 23.9. The monoisotopic (exact) mass is 942 g/mol. The van der Waals surface area contributed by atoms with Crippen LogP contribution in [0.25, 0.3) is 143 Å². The van der Waals surface area contributed by atoms with Gasteiger partial charge in [0.25, 0.3) is 0 Å². The minimum atomic E-state index is 0.429. The third-order valence-electron chi connectivity index (χ3n) is 14.5. The van der Waals surface area contributed by atoms with Gasteiger partial charge >= 0.3 is 0 Å². The number of aromatic nitrogens is 2. The summed E-state index contributed by atoms with van der Waals surface area (Å²) >= 11 is 5.37. The molecule has 0 amide bonds. The Labute approximate surface area is 412 Å². The summed E-state index contributed by atoms with van der Waals surface area (Å²) in [6, 6.07) is 69.7. The number of aryl methyl sites for hydroxylation is 1. The van der Waals surface area contributed by atoms with Gasteiger partial charge in [0.05, 0.1) is 59.7 Å². The Balaban J connectivity index is 1.24. The summed E-state index contributed by atoms with van der Waals surface area (Å²) < 4.78 is 11.8. The molecule has 0 aliphatic carbocycles. The highest BCUT2D eigenvalue weighted by Crippen LogP contribution is 2.55. The van der Waals surface area contributed by atoms with Crippen molar-refractivity contribution in [3.8, 4) is 39.7 Å². The fourth-order valence-electron chi connectivity index (χ4n) is 11.7. The lowest BCUT2D eigenvalue weighted by Gasteiger charge is -2.26. The van der Waals surface area contributed by atoms with Crippen LogP contribution in [0.2, 0.25) is 0 Å². The van der Waals surface area contributed by atoms with Crippen molar-refractivity contribution in [1.29, 1.82) is 5.26 Å². The van der Waals surface area contributed by atoms with Crippen LogP contribution >= 0.6 is 34.0 Å². The molecule has 0 aliphatic rings. The SMILES string of the molecule is [C-]#[N+]c1c(-c2ccccc2)c(-n2c3ccccc3c3c(C)cc4c5ccccc5sc4c32)c(-c2ccccc2)c(C#N)c1-n1c2c(ccc3c4ccccc4sc32)c2ccc3c4ccccc4sc3c21. The minimum Gasteiger partial charge on any atom is -0.315 e. The molecule has 0 atom stereocenters. The van der Waals surface area contributed by atoms with Crippen molar-refractivity contribution in [2.45, 2.75) is 6.92 Å². The van der Waals surface area contributed by atoms with E-state index in [0.29, 0.717) is 16.9 Å². The van der Waals surface area contributed by atoms with Crippen molar-refractivity contribution in [2.75, 3.05) is 0 Å². The number of thiophene rings is 3. The number of hydrogen-bond acceptors (Lipinski definition) is 4. The van der Waals surface area contributed by atoms with Crippen LogP contribution in [0.4, 0.5) is 5.69 Å². The van der Waals surface area contributed by atoms with E-state index in [-0.39, 0.29) is 0 Å². The third kappa shape index (κ3) is 5.21. The number of rotatable bonds is 4. The van der Waals surface area contributed by atoms with Crippen molar-refractivity contribution in [3.05, 3.63) is 211 Å². The van der Waals surface area contributed by atoms with Crippen LogP contribution in [-0.4, -0.2) is 9.13 Å². The minimum absolute atomic E-state index is 0.429. The second-order valence-electron chi connectivity index (χ2n) is 18.1. The Hall–Kier alpha value is -8.56. The van der Waals surface area contributed by atoms with Crippen LogP contribution in [0.3, 0.4) is 0 Å². The molecule has 0 radical (unpaired) electrons. The fraction of sp³-hybridized carbons (Fsp3) is 0.0159. The fourth-order valence-corrected chi connectivity index (χ4v) is 15.4.